The smallest absolute Gasteiger partial charge is 0.189 e. The van der Waals surface area contributed by atoms with E-state index in [2.05, 4.69) is 15.9 Å². The van der Waals surface area contributed by atoms with Crippen molar-refractivity contribution in [3.8, 4) is 11.8 Å². The molecule has 5 heteroatoms. The third-order valence-electron chi connectivity index (χ3n) is 2.72. The van der Waals surface area contributed by atoms with Gasteiger partial charge in [-0.1, -0.05) is 18.2 Å². The minimum Gasteiger partial charge on any atom is -0.496 e. The second kappa shape index (κ2) is 5.72. The predicted molar refractivity (Wildman–Crippen MR) is 72.1 cm³/mol. The van der Waals surface area contributed by atoms with Crippen molar-refractivity contribution in [3.63, 3.8) is 0 Å². The number of carbonyl (C=O) groups is 1. The Labute approximate surface area is 118 Å². The molecule has 0 saturated carbocycles. The average Bonchev–Trinajstić information content (AvgIpc) is 2.86. The summed E-state index contributed by atoms with van der Waals surface area (Å²) in [4.78, 5) is 12.4. The van der Waals surface area contributed by atoms with Crippen molar-refractivity contribution >= 4 is 21.7 Å². The molecule has 0 radical (unpaired) electrons. The Bertz CT molecular complexity index is 642. The molecule has 0 saturated heterocycles. The van der Waals surface area contributed by atoms with Gasteiger partial charge in [0, 0.05) is 5.56 Å². The van der Waals surface area contributed by atoms with Gasteiger partial charge in [0.15, 0.2) is 10.5 Å². The maximum atomic E-state index is 12.4. The highest BCUT2D eigenvalue weighted by molar-refractivity contribution is 9.10. The summed E-state index contributed by atoms with van der Waals surface area (Å²) < 4.78 is 10.5. The summed E-state index contributed by atoms with van der Waals surface area (Å²) in [6.07, 6.45) is 1.40. The summed E-state index contributed by atoms with van der Waals surface area (Å²) in [5.74, 6) is -0.736. The number of carbonyl (C=O) groups excluding carboxylic acids is 1. The molecule has 2 aromatic rings. The summed E-state index contributed by atoms with van der Waals surface area (Å²) in [5, 5.41) is 9.29. The number of hydrogen-bond acceptors (Lipinski definition) is 4. The lowest BCUT2D eigenvalue weighted by Gasteiger charge is -2.12. The molecule has 4 nitrogen and oxygen atoms in total. The van der Waals surface area contributed by atoms with Crippen molar-refractivity contribution in [2.75, 3.05) is 7.11 Å². The number of furan rings is 1. The fourth-order valence-corrected chi connectivity index (χ4v) is 2.24. The van der Waals surface area contributed by atoms with Crippen LogP contribution >= 0.6 is 15.9 Å². The highest BCUT2D eigenvalue weighted by atomic mass is 79.9. The molecule has 1 aromatic heterocycles. The third kappa shape index (κ3) is 2.54. The van der Waals surface area contributed by atoms with Crippen LogP contribution in [0.15, 0.2) is 45.7 Å². The Kier molecular flexibility index (Phi) is 4.03. The highest BCUT2D eigenvalue weighted by Crippen LogP contribution is 2.31. The van der Waals surface area contributed by atoms with Gasteiger partial charge in [-0.25, -0.2) is 0 Å². The number of benzene rings is 1. The van der Waals surface area contributed by atoms with Crippen LogP contribution in [0.5, 0.6) is 5.75 Å². The maximum absolute atomic E-state index is 12.4. The van der Waals surface area contributed by atoms with Gasteiger partial charge in [0.25, 0.3) is 0 Å². The van der Waals surface area contributed by atoms with Gasteiger partial charge < -0.3 is 9.15 Å². The first-order valence-electron chi connectivity index (χ1n) is 5.48. The molecule has 1 atom stereocenters. The maximum Gasteiger partial charge on any atom is 0.189 e. The molecule has 0 aliphatic rings. The molecule has 0 spiro atoms. The van der Waals surface area contributed by atoms with Crippen LogP contribution in [0, 0.1) is 11.3 Å². The largest absolute Gasteiger partial charge is 0.496 e. The molecular weight excluding hydrogens is 310 g/mol. The van der Waals surface area contributed by atoms with Gasteiger partial charge in [0.2, 0.25) is 0 Å². The van der Waals surface area contributed by atoms with Crippen molar-refractivity contribution < 1.29 is 13.9 Å². The van der Waals surface area contributed by atoms with E-state index in [-0.39, 0.29) is 5.78 Å². The van der Waals surface area contributed by atoms with Crippen molar-refractivity contribution in [3.05, 3.63) is 52.4 Å². The van der Waals surface area contributed by atoms with E-state index in [4.69, 9.17) is 9.15 Å². The third-order valence-corrected chi connectivity index (χ3v) is 3.34. The minimum atomic E-state index is -0.926. The zero-order valence-electron chi connectivity index (χ0n) is 10.1. The quantitative estimate of drug-likeness (QED) is 0.808. The molecule has 0 N–H and O–H groups in total. The molecule has 2 rings (SSSR count). The number of nitriles is 1. The number of methoxy groups -OCH3 is 1. The molecular formula is C14H10BrNO3. The van der Waals surface area contributed by atoms with E-state index in [1.165, 1.54) is 19.4 Å². The minimum absolute atomic E-state index is 0.326. The first-order valence-corrected chi connectivity index (χ1v) is 6.28. The van der Waals surface area contributed by atoms with Gasteiger partial charge in [-0.15, -0.1) is 0 Å². The fourth-order valence-electron chi connectivity index (χ4n) is 1.80. The number of halogens is 1. The molecule has 96 valence electrons. The number of rotatable bonds is 4. The normalized spacial score (nSPS) is 11.6. The Balaban J connectivity index is 2.44. The molecule has 0 amide bonds. The number of ether oxygens (including phenoxy) is 1. The highest BCUT2D eigenvalue weighted by Gasteiger charge is 2.27. The van der Waals surface area contributed by atoms with Crippen LogP contribution in [0.3, 0.4) is 0 Å². The molecule has 1 heterocycles. The van der Waals surface area contributed by atoms with Crippen LogP contribution in [0.2, 0.25) is 0 Å². The molecule has 0 bridgehead atoms. The zero-order chi connectivity index (χ0) is 13.8. The second-order valence-corrected chi connectivity index (χ2v) is 4.50. The molecule has 0 aliphatic carbocycles. The van der Waals surface area contributed by atoms with Gasteiger partial charge in [-0.05, 0) is 28.1 Å². The lowest BCUT2D eigenvalue weighted by Crippen LogP contribution is -2.12. The van der Waals surface area contributed by atoms with Crippen LogP contribution in [0.4, 0.5) is 0 Å². The van der Waals surface area contributed by atoms with Gasteiger partial charge in [0.05, 0.1) is 25.0 Å². The predicted octanol–water partition coefficient (Wildman–Crippen LogP) is 3.54. The molecule has 0 aliphatic heterocycles. The Hall–Kier alpha value is -2.06. The van der Waals surface area contributed by atoms with Gasteiger partial charge >= 0.3 is 0 Å². The second-order valence-electron chi connectivity index (χ2n) is 3.78. The van der Waals surface area contributed by atoms with Crippen molar-refractivity contribution in [2.24, 2.45) is 0 Å². The average molecular weight is 320 g/mol. The van der Waals surface area contributed by atoms with Crippen LogP contribution in [-0.4, -0.2) is 12.9 Å². The van der Waals surface area contributed by atoms with E-state index < -0.39 is 5.92 Å². The summed E-state index contributed by atoms with van der Waals surface area (Å²) in [6, 6.07) is 10.5. The van der Waals surface area contributed by atoms with Crippen molar-refractivity contribution in [1.29, 1.82) is 5.26 Å². The van der Waals surface area contributed by atoms with Crippen LogP contribution in [-0.2, 0) is 0 Å². The molecule has 1 aromatic carbocycles. The monoisotopic (exact) mass is 319 g/mol. The number of ketones is 1. The fraction of sp³-hybridized carbons (Fsp3) is 0.143. The number of para-hydroxylation sites is 1. The summed E-state index contributed by atoms with van der Waals surface area (Å²) in [5.41, 5.74) is 0.892. The van der Waals surface area contributed by atoms with E-state index in [1.54, 1.807) is 24.3 Å². The number of hydrogen-bond donors (Lipinski definition) is 0. The Morgan fingerprint density at radius 3 is 2.74 bits per heavy atom. The van der Waals surface area contributed by atoms with Gasteiger partial charge in [-0.2, -0.15) is 5.26 Å². The van der Waals surface area contributed by atoms with E-state index in [1.807, 2.05) is 6.07 Å². The molecule has 19 heavy (non-hydrogen) atoms. The first kappa shape index (κ1) is 13.4. The Morgan fingerprint density at radius 2 is 2.16 bits per heavy atom. The lowest BCUT2D eigenvalue weighted by molar-refractivity contribution is 0.0976. The number of nitrogens with zero attached hydrogens (tertiary/aromatic N) is 1. The SMILES string of the molecule is COc1ccccc1C(C#N)C(=O)c1ccoc1Br. The Morgan fingerprint density at radius 1 is 1.42 bits per heavy atom. The van der Waals surface area contributed by atoms with E-state index >= 15 is 0 Å². The van der Waals surface area contributed by atoms with Gasteiger partial charge in [0.1, 0.15) is 11.7 Å². The number of Topliss-reactive ketones (excluding diaryl/α,β-unsaturated/α-hetero) is 1. The first-order chi connectivity index (χ1) is 9.19. The van der Waals surface area contributed by atoms with Gasteiger partial charge in [-0.3, -0.25) is 4.79 Å². The summed E-state index contributed by atoms with van der Waals surface area (Å²) in [7, 11) is 1.51. The topological polar surface area (TPSA) is 63.2 Å². The lowest BCUT2D eigenvalue weighted by atomic mass is 9.92. The molecule has 0 fully saturated rings. The van der Waals surface area contributed by atoms with E-state index in [0.717, 1.165) is 0 Å². The van der Waals surface area contributed by atoms with Crippen LogP contribution in [0.1, 0.15) is 21.8 Å². The van der Waals surface area contributed by atoms with Crippen molar-refractivity contribution in [1.82, 2.24) is 0 Å². The molecule has 1 unspecified atom stereocenters. The van der Waals surface area contributed by atoms with E-state index in [0.29, 0.717) is 21.5 Å². The van der Waals surface area contributed by atoms with Crippen LogP contribution < -0.4 is 4.74 Å². The van der Waals surface area contributed by atoms with E-state index in [9.17, 15) is 10.1 Å². The zero-order valence-corrected chi connectivity index (χ0v) is 11.7. The van der Waals surface area contributed by atoms with Crippen LogP contribution in [0.25, 0.3) is 0 Å². The van der Waals surface area contributed by atoms with Crippen molar-refractivity contribution in [2.45, 2.75) is 5.92 Å². The summed E-state index contributed by atoms with van der Waals surface area (Å²) in [6.45, 7) is 0. The summed E-state index contributed by atoms with van der Waals surface area (Å²) >= 11 is 3.14. The standard InChI is InChI=1S/C14H10BrNO3/c1-18-12-5-3-2-4-9(12)11(8-16)13(17)10-6-7-19-14(10)15/h2-7,11H,1H3.